The van der Waals surface area contributed by atoms with Crippen molar-refractivity contribution >= 4 is 23.4 Å². The summed E-state index contributed by atoms with van der Waals surface area (Å²) in [5.74, 6) is 0.158. The highest BCUT2D eigenvalue weighted by molar-refractivity contribution is 6.19. The third kappa shape index (κ3) is 4.16. The van der Waals surface area contributed by atoms with Crippen LogP contribution in [0, 0.1) is 0 Å². The van der Waals surface area contributed by atoms with Crippen molar-refractivity contribution in [2.24, 2.45) is 0 Å². The zero-order valence-corrected chi connectivity index (χ0v) is 15.4. The van der Waals surface area contributed by atoms with Crippen LogP contribution in [0.25, 0.3) is 0 Å². The molecule has 0 aliphatic carbocycles. The molecule has 0 bridgehead atoms. The van der Waals surface area contributed by atoms with Crippen LogP contribution in [-0.4, -0.2) is 24.3 Å². The molecule has 3 rings (SSSR count). The Morgan fingerprint density at radius 1 is 1.04 bits per heavy atom. The predicted octanol–water partition coefficient (Wildman–Crippen LogP) is 3.23. The Labute approximate surface area is 158 Å². The second-order valence-corrected chi connectivity index (χ2v) is 6.37. The van der Waals surface area contributed by atoms with Gasteiger partial charge in [0.05, 0.1) is 18.3 Å². The van der Waals surface area contributed by atoms with E-state index in [1.165, 1.54) is 4.90 Å². The number of carbonyl (C=O) groups is 3. The van der Waals surface area contributed by atoms with Crippen molar-refractivity contribution in [2.45, 2.75) is 32.7 Å². The summed E-state index contributed by atoms with van der Waals surface area (Å²) in [4.78, 5) is 37.2. The number of benzene rings is 2. The fraction of sp³-hybridized carbons (Fsp3) is 0.286. The molecule has 1 saturated heterocycles. The van der Waals surface area contributed by atoms with Crippen molar-refractivity contribution < 1.29 is 19.1 Å². The Balaban J connectivity index is 1.65. The summed E-state index contributed by atoms with van der Waals surface area (Å²) in [6.45, 7) is 4.44. The molecule has 0 spiro atoms. The molecule has 1 fully saturated rings. The molecule has 3 amide bonds. The first-order valence-electron chi connectivity index (χ1n) is 8.99. The molecule has 6 nitrogen and oxygen atoms in total. The molecular weight excluding hydrogens is 344 g/mol. The van der Waals surface area contributed by atoms with Crippen LogP contribution in [0.3, 0.4) is 0 Å². The van der Waals surface area contributed by atoms with Gasteiger partial charge < -0.3 is 10.1 Å². The van der Waals surface area contributed by atoms with E-state index in [-0.39, 0.29) is 36.6 Å². The van der Waals surface area contributed by atoms with E-state index in [1.807, 2.05) is 38.1 Å². The quantitative estimate of drug-likeness (QED) is 0.797. The Bertz CT molecular complexity index is 827. The number of imide groups is 1. The van der Waals surface area contributed by atoms with Gasteiger partial charge in [0.15, 0.2) is 0 Å². The van der Waals surface area contributed by atoms with E-state index in [1.54, 1.807) is 24.3 Å². The maximum absolute atomic E-state index is 12.5. The molecule has 0 aromatic heterocycles. The van der Waals surface area contributed by atoms with Gasteiger partial charge in [-0.2, -0.15) is 0 Å². The molecule has 1 aliphatic rings. The molecule has 6 heteroatoms. The average molecular weight is 366 g/mol. The first-order chi connectivity index (χ1) is 13.0. The van der Waals surface area contributed by atoms with E-state index in [0.717, 1.165) is 11.3 Å². The summed E-state index contributed by atoms with van der Waals surface area (Å²) in [5, 5.41) is 2.94. The topological polar surface area (TPSA) is 75.7 Å². The highest BCUT2D eigenvalue weighted by Crippen LogP contribution is 2.23. The number of nitrogens with zero attached hydrogens (tertiary/aromatic N) is 1. The van der Waals surface area contributed by atoms with Gasteiger partial charge in [-0.1, -0.05) is 12.1 Å². The van der Waals surface area contributed by atoms with Crippen LogP contribution in [0.15, 0.2) is 48.5 Å². The maximum atomic E-state index is 12.5. The minimum atomic E-state index is -0.220. The second-order valence-electron chi connectivity index (χ2n) is 6.37. The van der Waals surface area contributed by atoms with Gasteiger partial charge in [0, 0.05) is 18.4 Å². The first-order valence-corrected chi connectivity index (χ1v) is 8.99. The maximum Gasteiger partial charge on any atom is 0.251 e. The van der Waals surface area contributed by atoms with Crippen molar-refractivity contribution in [2.75, 3.05) is 11.5 Å². The molecule has 140 valence electrons. The minimum absolute atomic E-state index is 0.172. The lowest BCUT2D eigenvalue weighted by molar-refractivity contribution is -0.121. The van der Waals surface area contributed by atoms with Gasteiger partial charge in [-0.05, 0) is 55.8 Å². The van der Waals surface area contributed by atoms with Crippen LogP contribution in [0.5, 0.6) is 5.75 Å². The number of rotatable bonds is 6. The molecule has 0 saturated carbocycles. The fourth-order valence-corrected chi connectivity index (χ4v) is 3.01. The van der Waals surface area contributed by atoms with E-state index in [4.69, 9.17) is 4.74 Å². The SMILES string of the molecule is CCOc1ccc([C@@H](C)NC(=O)c2ccc(N3C(=O)CCC3=O)cc2)cc1. The van der Waals surface area contributed by atoms with Gasteiger partial charge in [-0.25, -0.2) is 0 Å². The molecule has 1 N–H and O–H groups in total. The largest absolute Gasteiger partial charge is 0.494 e. The van der Waals surface area contributed by atoms with E-state index < -0.39 is 0 Å². The third-order valence-corrected chi connectivity index (χ3v) is 4.48. The van der Waals surface area contributed by atoms with E-state index in [2.05, 4.69) is 5.32 Å². The van der Waals surface area contributed by atoms with Crippen molar-refractivity contribution in [1.29, 1.82) is 0 Å². The minimum Gasteiger partial charge on any atom is -0.494 e. The van der Waals surface area contributed by atoms with Gasteiger partial charge in [0.1, 0.15) is 5.75 Å². The lowest BCUT2D eigenvalue weighted by Gasteiger charge is -2.16. The summed E-state index contributed by atoms with van der Waals surface area (Å²) in [7, 11) is 0. The summed E-state index contributed by atoms with van der Waals surface area (Å²) in [6.07, 6.45) is 0.474. The van der Waals surface area contributed by atoms with Crippen LogP contribution in [0.2, 0.25) is 0 Å². The Morgan fingerprint density at radius 2 is 1.63 bits per heavy atom. The molecule has 0 unspecified atom stereocenters. The van der Waals surface area contributed by atoms with Gasteiger partial charge >= 0.3 is 0 Å². The van der Waals surface area contributed by atoms with Crippen LogP contribution in [0.4, 0.5) is 5.69 Å². The Kier molecular flexibility index (Phi) is 5.54. The molecule has 1 heterocycles. The molecule has 1 atom stereocenters. The lowest BCUT2D eigenvalue weighted by Crippen LogP contribution is -2.29. The zero-order chi connectivity index (χ0) is 19.4. The normalized spacial score (nSPS) is 15.0. The van der Waals surface area contributed by atoms with Gasteiger partial charge in [0.25, 0.3) is 5.91 Å². The number of ether oxygens (including phenoxy) is 1. The summed E-state index contributed by atoms with van der Waals surface area (Å²) in [5.41, 5.74) is 1.94. The number of hydrogen-bond acceptors (Lipinski definition) is 4. The smallest absolute Gasteiger partial charge is 0.251 e. The standard InChI is InChI=1S/C21H22N2O4/c1-3-27-18-10-6-15(7-11-18)14(2)22-21(26)16-4-8-17(9-5-16)23-19(24)12-13-20(23)25/h4-11,14H,3,12-13H2,1-2H3,(H,22,26)/t14-/m1/s1. The van der Waals surface area contributed by atoms with Crippen LogP contribution >= 0.6 is 0 Å². The predicted molar refractivity (Wildman–Crippen MR) is 102 cm³/mol. The van der Waals surface area contributed by atoms with Crippen LogP contribution in [0.1, 0.15) is 48.7 Å². The lowest BCUT2D eigenvalue weighted by atomic mass is 10.1. The molecule has 27 heavy (non-hydrogen) atoms. The Hall–Kier alpha value is -3.15. The highest BCUT2D eigenvalue weighted by atomic mass is 16.5. The highest BCUT2D eigenvalue weighted by Gasteiger charge is 2.30. The van der Waals surface area contributed by atoms with E-state index >= 15 is 0 Å². The molecule has 2 aromatic carbocycles. The summed E-state index contributed by atoms with van der Waals surface area (Å²) in [6, 6.07) is 13.9. The van der Waals surface area contributed by atoms with E-state index in [9.17, 15) is 14.4 Å². The summed E-state index contributed by atoms with van der Waals surface area (Å²) < 4.78 is 5.42. The zero-order valence-electron chi connectivity index (χ0n) is 15.4. The van der Waals surface area contributed by atoms with Crippen LogP contribution < -0.4 is 15.0 Å². The van der Waals surface area contributed by atoms with Gasteiger partial charge in [-0.15, -0.1) is 0 Å². The third-order valence-electron chi connectivity index (χ3n) is 4.48. The number of carbonyl (C=O) groups excluding carboxylic acids is 3. The molecule has 2 aromatic rings. The van der Waals surface area contributed by atoms with Crippen LogP contribution in [-0.2, 0) is 9.59 Å². The summed E-state index contributed by atoms with van der Waals surface area (Å²) >= 11 is 0. The van der Waals surface area contributed by atoms with Crippen molar-refractivity contribution in [3.05, 3.63) is 59.7 Å². The van der Waals surface area contributed by atoms with Crippen molar-refractivity contribution in [3.63, 3.8) is 0 Å². The number of nitrogens with one attached hydrogen (secondary N) is 1. The Morgan fingerprint density at radius 3 is 2.19 bits per heavy atom. The van der Waals surface area contributed by atoms with Crippen molar-refractivity contribution in [3.8, 4) is 5.75 Å². The first kappa shape index (κ1) is 18.6. The molecule has 0 radical (unpaired) electrons. The number of amides is 3. The van der Waals surface area contributed by atoms with Gasteiger partial charge in [-0.3, -0.25) is 19.3 Å². The molecular formula is C21H22N2O4. The van der Waals surface area contributed by atoms with Crippen molar-refractivity contribution in [1.82, 2.24) is 5.32 Å². The monoisotopic (exact) mass is 366 g/mol. The number of anilines is 1. The number of hydrogen-bond donors (Lipinski definition) is 1. The van der Waals surface area contributed by atoms with Gasteiger partial charge in [0.2, 0.25) is 11.8 Å². The fourth-order valence-electron chi connectivity index (χ4n) is 3.01. The second kappa shape index (κ2) is 8.03. The molecule has 1 aliphatic heterocycles. The average Bonchev–Trinajstić information content (AvgIpc) is 3.01. The van der Waals surface area contributed by atoms with E-state index in [0.29, 0.717) is 17.9 Å².